The smallest absolute Gasteiger partial charge is 0.222 e. The molecule has 5 rings (SSSR count). The number of piperidine rings is 1. The van der Waals surface area contributed by atoms with Gasteiger partial charge in [-0.25, -0.2) is 8.78 Å². The highest BCUT2D eigenvalue weighted by Crippen LogP contribution is 2.65. The van der Waals surface area contributed by atoms with E-state index in [9.17, 15) is 13.6 Å². The van der Waals surface area contributed by atoms with Gasteiger partial charge in [0.25, 0.3) is 0 Å². The molecular weight excluding hydrogens is 380 g/mol. The molecule has 1 saturated heterocycles. The second-order valence-corrected chi connectivity index (χ2v) is 11.3. The van der Waals surface area contributed by atoms with Crippen LogP contribution in [-0.2, 0) is 11.2 Å². The van der Waals surface area contributed by atoms with Crippen LogP contribution in [0.25, 0.3) is 0 Å². The van der Waals surface area contributed by atoms with Crippen molar-refractivity contribution < 1.29 is 13.6 Å². The number of likely N-dealkylation sites (tertiary alicyclic amines) is 1. The van der Waals surface area contributed by atoms with Crippen molar-refractivity contribution in [1.29, 1.82) is 0 Å². The molecule has 1 aromatic rings. The molecule has 2 unspecified atom stereocenters. The molecule has 164 valence electrons. The summed E-state index contributed by atoms with van der Waals surface area (Å²) in [5, 5.41) is 0. The van der Waals surface area contributed by atoms with Crippen molar-refractivity contribution in [3.63, 3.8) is 0 Å². The Kier molecular flexibility index (Phi) is 4.79. The molecule has 0 spiro atoms. The van der Waals surface area contributed by atoms with E-state index in [2.05, 4.69) is 13.8 Å². The highest BCUT2D eigenvalue weighted by molar-refractivity contribution is 5.78. The van der Waals surface area contributed by atoms with E-state index in [1.807, 2.05) is 11.9 Å². The number of carbonyl (C=O) groups is 1. The monoisotopic (exact) mass is 415 g/mol. The third kappa shape index (κ3) is 2.88. The minimum absolute atomic E-state index is 0.0420. The number of benzene rings is 1. The topological polar surface area (TPSA) is 20.3 Å². The maximum absolute atomic E-state index is 13.9. The van der Waals surface area contributed by atoms with E-state index in [-0.39, 0.29) is 23.3 Å². The molecule has 3 saturated carbocycles. The summed E-state index contributed by atoms with van der Waals surface area (Å²) in [6, 6.07) is 4.54. The molecule has 1 amide bonds. The van der Waals surface area contributed by atoms with E-state index in [4.69, 9.17) is 0 Å². The maximum Gasteiger partial charge on any atom is 0.222 e. The molecule has 4 aliphatic rings. The maximum atomic E-state index is 13.9. The first kappa shape index (κ1) is 20.5. The Morgan fingerprint density at radius 3 is 2.60 bits per heavy atom. The quantitative estimate of drug-likeness (QED) is 0.581. The second kappa shape index (κ2) is 7.03. The molecule has 3 aliphatic carbocycles. The Balaban J connectivity index is 1.50. The molecule has 1 aliphatic heterocycles. The first-order valence-electron chi connectivity index (χ1n) is 11.9. The van der Waals surface area contributed by atoms with Gasteiger partial charge in [0.1, 0.15) is 0 Å². The summed E-state index contributed by atoms with van der Waals surface area (Å²) in [5.41, 5.74) is 1.37. The van der Waals surface area contributed by atoms with Crippen molar-refractivity contribution in [2.75, 3.05) is 7.05 Å². The van der Waals surface area contributed by atoms with Crippen LogP contribution in [0.1, 0.15) is 70.8 Å². The molecule has 0 bridgehead atoms. The van der Waals surface area contributed by atoms with Gasteiger partial charge < -0.3 is 4.90 Å². The van der Waals surface area contributed by atoms with E-state index in [1.165, 1.54) is 50.7 Å². The third-order valence-electron chi connectivity index (χ3n) is 10.1. The number of hydrogen-bond donors (Lipinski definition) is 0. The summed E-state index contributed by atoms with van der Waals surface area (Å²) >= 11 is 0. The number of halogens is 2. The zero-order valence-electron chi connectivity index (χ0n) is 18.6. The molecule has 30 heavy (non-hydrogen) atoms. The lowest BCUT2D eigenvalue weighted by molar-refractivity contribution is -0.170. The molecule has 4 fully saturated rings. The van der Waals surface area contributed by atoms with Crippen LogP contribution in [0.4, 0.5) is 8.78 Å². The Bertz CT molecular complexity index is 855. The highest BCUT2D eigenvalue weighted by atomic mass is 19.2. The van der Waals surface area contributed by atoms with Crippen molar-refractivity contribution in [2.45, 2.75) is 77.7 Å². The Hall–Kier alpha value is -1.45. The molecule has 1 heterocycles. The zero-order valence-corrected chi connectivity index (χ0v) is 18.6. The van der Waals surface area contributed by atoms with Crippen LogP contribution in [-0.4, -0.2) is 23.9 Å². The Labute approximate surface area is 179 Å². The molecule has 2 nitrogen and oxygen atoms in total. The number of amides is 1. The van der Waals surface area contributed by atoms with E-state index >= 15 is 0 Å². The van der Waals surface area contributed by atoms with Crippen LogP contribution >= 0.6 is 0 Å². The summed E-state index contributed by atoms with van der Waals surface area (Å²) in [4.78, 5) is 14.9. The van der Waals surface area contributed by atoms with E-state index < -0.39 is 11.6 Å². The summed E-state index contributed by atoms with van der Waals surface area (Å²) in [5.74, 6) is 1.02. The Morgan fingerprint density at radius 1 is 1.03 bits per heavy atom. The van der Waals surface area contributed by atoms with E-state index in [0.29, 0.717) is 24.2 Å². The Morgan fingerprint density at radius 2 is 1.83 bits per heavy atom. The number of rotatable bonds is 2. The van der Waals surface area contributed by atoms with E-state index in [1.54, 1.807) is 6.07 Å². The number of carbonyl (C=O) groups excluding carboxylic acids is 1. The van der Waals surface area contributed by atoms with Gasteiger partial charge in [-0.3, -0.25) is 4.79 Å². The largest absolute Gasteiger partial charge is 0.342 e. The molecule has 0 aromatic heterocycles. The first-order valence-corrected chi connectivity index (χ1v) is 11.9. The summed E-state index contributed by atoms with van der Waals surface area (Å²) < 4.78 is 27.4. The predicted octanol–water partition coefficient (Wildman–Crippen LogP) is 5.99. The molecule has 0 radical (unpaired) electrons. The highest BCUT2D eigenvalue weighted by Gasteiger charge is 2.61. The first-order chi connectivity index (χ1) is 14.2. The van der Waals surface area contributed by atoms with Gasteiger partial charge >= 0.3 is 0 Å². The molecule has 4 heteroatoms. The van der Waals surface area contributed by atoms with Gasteiger partial charge in [-0.15, -0.1) is 0 Å². The lowest BCUT2D eigenvalue weighted by Crippen LogP contribution is -2.64. The van der Waals surface area contributed by atoms with Crippen molar-refractivity contribution in [1.82, 2.24) is 4.90 Å². The molecule has 0 N–H and O–H groups in total. The standard InChI is InChI=1S/C26H35F2NO/c1-25-11-4-5-19(25)18-7-9-23-26(2,20(18)10-12-25)17(15-24(30)29(23)3)13-16-6-8-21(27)22(28)14-16/h6,8,14,17-20,23H,4-5,7,9-13,15H2,1-3H3/t17?,18-,19-,20+,23?,25-,26+/m0/s1. The fourth-order valence-corrected chi connectivity index (χ4v) is 8.54. The summed E-state index contributed by atoms with van der Waals surface area (Å²) in [7, 11) is 1.99. The van der Waals surface area contributed by atoms with Gasteiger partial charge in [0.05, 0.1) is 0 Å². The van der Waals surface area contributed by atoms with Crippen LogP contribution in [0.5, 0.6) is 0 Å². The fourth-order valence-electron chi connectivity index (χ4n) is 8.54. The van der Waals surface area contributed by atoms with Gasteiger partial charge in [0.2, 0.25) is 5.91 Å². The van der Waals surface area contributed by atoms with Gasteiger partial charge in [-0.05, 0) is 97.1 Å². The van der Waals surface area contributed by atoms with Crippen LogP contribution in [0.15, 0.2) is 18.2 Å². The minimum Gasteiger partial charge on any atom is -0.342 e. The van der Waals surface area contributed by atoms with Crippen LogP contribution in [0.2, 0.25) is 0 Å². The average Bonchev–Trinajstić information content (AvgIpc) is 3.11. The molecular formula is C26H35F2NO. The van der Waals surface area contributed by atoms with Crippen molar-refractivity contribution in [2.24, 2.45) is 34.5 Å². The number of hydrogen-bond acceptors (Lipinski definition) is 1. The summed E-state index contributed by atoms with van der Waals surface area (Å²) in [6.07, 6.45) is 10.2. The van der Waals surface area contributed by atoms with Crippen molar-refractivity contribution >= 4 is 5.91 Å². The van der Waals surface area contributed by atoms with Gasteiger partial charge in [-0.1, -0.05) is 26.3 Å². The average molecular weight is 416 g/mol. The molecule has 7 atom stereocenters. The lowest BCUT2D eigenvalue weighted by Gasteiger charge is -2.64. The predicted molar refractivity (Wildman–Crippen MR) is 114 cm³/mol. The number of nitrogens with zero attached hydrogens (tertiary/aromatic N) is 1. The SMILES string of the molecule is CN1C(=O)CC(Cc2ccc(F)c(F)c2)[C@@]2(C)C1CC[C@@H]1[C@H]2CC[C@]2(C)CCC[C@@H]12. The molecule has 1 aromatic carbocycles. The second-order valence-electron chi connectivity index (χ2n) is 11.3. The van der Waals surface area contributed by atoms with Crippen molar-refractivity contribution in [3.05, 3.63) is 35.4 Å². The van der Waals surface area contributed by atoms with Crippen molar-refractivity contribution in [3.8, 4) is 0 Å². The van der Waals surface area contributed by atoms with Gasteiger partial charge in [-0.2, -0.15) is 0 Å². The van der Waals surface area contributed by atoms with Gasteiger partial charge in [0, 0.05) is 19.5 Å². The normalized spacial score (nSPS) is 43.2. The summed E-state index contributed by atoms with van der Waals surface area (Å²) in [6.45, 7) is 4.95. The zero-order chi connectivity index (χ0) is 21.3. The van der Waals surface area contributed by atoms with Crippen LogP contribution in [0.3, 0.4) is 0 Å². The lowest BCUT2D eigenvalue weighted by atomic mass is 9.45. The van der Waals surface area contributed by atoms with Crippen LogP contribution in [0, 0.1) is 46.1 Å². The fraction of sp³-hybridized carbons (Fsp3) is 0.731. The third-order valence-corrected chi connectivity index (χ3v) is 10.1. The van der Waals surface area contributed by atoms with Crippen LogP contribution < -0.4 is 0 Å². The number of fused-ring (bicyclic) bond motifs is 5. The minimum atomic E-state index is -0.798. The van der Waals surface area contributed by atoms with Gasteiger partial charge in [0.15, 0.2) is 11.6 Å². The van der Waals surface area contributed by atoms with E-state index in [0.717, 1.165) is 23.8 Å².